The molecule has 3 aromatic rings. The van der Waals surface area contributed by atoms with Gasteiger partial charge in [0, 0.05) is 12.2 Å². The van der Waals surface area contributed by atoms with E-state index in [0.717, 1.165) is 22.5 Å². The maximum atomic E-state index is 5.47. The Labute approximate surface area is 145 Å². The van der Waals surface area contributed by atoms with Crippen molar-refractivity contribution in [2.75, 3.05) is 24.9 Å². The quantitative estimate of drug-likeness (QED) is 0.635. The zero-order valence-electron chi connectivity index (χ0n) is 14.3. The molecule has 0 atom stereocenters. The summed E-state index contributed by atoms with van der Waals surface area (Å²) in [5.74, 6) is 2.62. The Morgan fingerprint density at radius 3 is 2.72 bits per heavy atom. The van der Waals surface area contributed by atoms with Gasteiger partial charge in [0.05, 0.1) is 25.3 Å². The van der Waals surface area contributed by atoms with Crippen molar-refractivity contribution in [3.8, 4) is 11.5 Å². The van der Waals surface area contributed by atoms with E-state index in [1.807, 2.05) is 30.5 Å². The van der Waals surface area contributed by atoms with Gasteiger partial charge in [0.15, 0.2) is 11.5 Å². The lowest BCUT2D eigenvalue weighted by Crippen LogP contribution is -2.27. The molecule has 0 saturated heterocycles. The van der Waals surface area contributed by atoms with E-state index in [2.05, 4.69) is 25.6 Å². The van der Waals surface area contributed by atoms with E-state index >= 15 is 0 Å². The number of nitrogens with zero attached hydrogens (tertiary/aromatic N) is 2. The van der Waals surface area contributed by atoms with E-state index < -0.39 is 0 Å². The first-order valence-corrected chi connectivity index (χ1v) is 8.38. The number of anilines is 3. The number of rotatable bonds is 6. The van der Waals surface area contributed by atoms with Gasteiger partial charge in [-0.15, -0.1) is 0 Å². The number of nitrogens with one attached hydrogen (secondary N) is 3. The maximum Gasteiger partial charge on any atom is 0.231 e. The van der Waals surface area contributed by atoms with Crippen molar-refractivity contribution in [2.24, 2.45) is 0 Å². The van der Waals surface area contributed by atoms with E-state index in [9.17, 15) is 0 Å². The summed E-state index contributed by atoms with van der Waals surface area (Å²) in [6.45, 7) is 0. The van der Waals surface area contributed by atoms with Gasteiger partial charge >= 0.3 is 0 Å². The zero-order valence-corrected chi connectivity index (χ0v) is 14.3. The van der Waals surface area contributed by atoms with Crippen LogP contribution < -0.4 is 20.1 Å². The van der Waals surface area contributed by atoms with Crippen LogP contribution in [0.5, 0.6) is 11.5 Å². The van der Waals surface area contributed by atoms with Crippen molar-refractivity contribution in [3.05, 3.63) is 30.5 Å². The van der Waals surface area contributed by atoms with Crippen LogP contribution in [-0.2, 0) is 0 Å². The van der Waals surface area contributed by atoms with Crippen LogP contribution in [-0.4, -0.2) is 35.2 Å². The second-order valence-electron chi connectivity index (χ2n) is 6.07. The fourth-order valence-electron chi connectivity index (χ4n) is 2.96. The number of aromatic amines is 1. The number of H-pyrrole nitrogens is 1. The summed E-state index contributed by atoms with van der Waals surface area (Å²) in [5.41, 5.74) is 1.54. The highest BCUT2D eigenvalue weighted by Gasteiger charge is 2.20. The third kappa shape index (κ3) is 2.93. The molecule has 0 radical (unpaired) electrons. The van der Waals surface area contributed by atoms with Crippen molar-refractivity contribution in [3.63, 3.8) is 0 Å². The average molecular weight is 339 g/mol. The molecule has 1 fully saturated rings. The molecule has 7 nitrogen and oxygen atoms in total. The standard InChI is InChI=1S/C18H21N5O2/c1-24-14-8-4-7-13(15(14)25-2)21-18-22-16-12(9-10-19-16)17(23-18)20-11-5-3-6-11/h4,7-11H,3,5-6H2,1-2H3,(H3,19,20,21,22,23). The van der Waals surface area contributed by atoms with Gasteiger partial charge in [0.2, 0.25) is 5.95 Å². The lowest BCUT2D eigenvalue weighted by Gasteiger charge is -2.27. The molecule has 0 bridgehead atoms. The lowest BCUT2D eigenvalue weighted by molar-refractivity contribution is 0.356. The highest BCUT2D eigenvalue weighted by molar-refractivity contribution is 5.88. The Kier molecular flexibility index (Phi) is 4.05. The fraction of sp³-hybridized carbons (Fsp3) is 0.333. The molecule has 2 heterocycles. The topological polar surface area (TPSA) is 84.1 Å². The second-order valence-corrected chi connectivity index (χ2v) is 6.07. The van der Waals surface area contributed by atoms with Gasteiger partial charge in [-0.2, -0.15) is 9.97 Å². The van der Waals surface area contributed by atoms with Crippen molar-refractivity contribution in [1.29, 1.82) is 0 Å². The highest BCUT2D eigenvalue weighted by atomic mass is 16.5. The predicted octanol–water partition coefficient (Wildman–Crippen LogP) is 3.68. The molecule has 1 aliphatic rings. The van der Waals surface area contributed by atoms with Crippen LogP contribution in [0.4, 0.5) is 17.5 Å². The van der Waals surface area contributed by atoms with E-state index in [-0.39, 0.29) is 0 Å². The Morgan fingerprint density at radius 1 is 1.12 bits per heavy atom. The molecule has 1 aliphatic carbocycles. The largest absolute Gasteiger partial charge is 0.493 e. The monoisotopic (exact) mass is 339 g/mol. The van der Waals surface area contributed by atoms with Crippen LogP contribution in [0.3, 0.4) is 0 Å². The van der Waals surface area contributed by atoms with E-state index in [4.69, 9.17) is 9.47 Å². The Morgan fingerprint density at radius 2 is 2.00 bits per heavy atom. The number of benzene rings is 1. The number of hydrogen-bond acceptors (Lipinski definition) is 6. The van der Waals surface area contributed by atoms with E-state index in [1.165, 1.54) is 19.3 Å². The van der Waals surface area contributed by atoms with Gasteiger partial charge in [-0.1, -0.05) is 6.07 Å². The van der Waals surface area contributed by atoms with Crippen molar-refractivity contribution in [1.82, 2.24) is 15.0 Å². The van der Waals surface area contributed by atoms with Gasteiger partial charge < -0.3 is 25.1 Å². The number of fused-ring (bicyclic) bond motifs is 1. The summed E-state index contributed by atoms with van der Waals surface area (Å²) >= 11 is 0. The molecule has 0 aliphatic heterocycles. The van der Waals surface area contributed by atoms with Gasteiger partial charge in [-0.3, -0.25) is 0 Å². The predicted molar refractivity (Wildman–Crippen MR) is 98.0 cm³/mol. The fourth-order valence-corrected chi connectivity index (χ4v) is 2.96. The molecule has 0 spiro atoms. The van der Waals surface area contributed by atoms with E-state index in [1.54, 1.807) is 14.2 Å². The summed E-state index contributed by atoms with van der Waals surface area (Å²) in [6, 6.07) is 8.13. The molecule has 7 heteroatoms. The Hall–Kier alpha value is -2.96. The molecule has 1 aromatic carbocycles. The molecule has 0 unspecified atom stereocenters. The lowest BCUT2D eigenvalue weighted by atomic mass is 9.93. The average Bonchev–Trinajstić information content (AvgIpc) is 3.06. The van der Waals surface area contributed by atoms with Crippen LogP contribution in [0, 0.1) is 0 Å². The maximum absolute atomic E-state index is 5.47. The summed E-state index contributed by atoms with van der Waals surface area (Å²) < 4.78 is 10.8. The van der Waals surface area contributed by atoms with Gasteiger partial charge in [-0.05, 0) is 37.5 Å². The zero-order chi connectivity index (χ0) is 17.2. The number of para-hydroxylation sites is 1. The number of aromatic nitrogens is 3. The third-order valence-electron chi connectivity index (χ3n) is 4.51. The highest BCUT2D eigenvalue weighted by Crippen LogP contribution is 2.36. The van der Waals surface area contributed by atoms with Crippen LogP contribution in [0.25, 0.3) is 11.0 Å². The van der Waals surface area contributed by atoms with Crippen molar-refractivity contribution >= 4 is 28.5 Å². The van der Waals surface area contributed by atoms with Crippen LogP contribution in [0.15, 0.2) is 30.5 Å². The first-order valence-electron chi connectivity index (χ1n) is 8.38. The van der Waals surface area contributed by atoms with E-state index in [0.29, 0.717) is 23.5 Å². The second kappa shape index (κ2) is 6.51. The first-order chi connectivity index (χ1) is 12.3. The molecular weight excluding hydrogens is 318 g/mol. The number of hydrogen-bond donors (Lipinski definition) is 3. The number of ether oxygens (including phenoxy) is 2. The molecule has 2 aromatic heterocycles. The minimum atomic E-state index is 0.493. The molecular formula is C18H21N5O2. The van der Waals surface area contributed by atoms with Gasteiger partial charge in [-0.25, -0.2) is 0 Å². The SMILES string of the molecule is COc1cccc(Nc2nc(NC3CCC3)c3cc[nH]c3n2)c1OC. The minimum absolute atomic E-state index is 0.493. The first kappa shape index (κ1) is 15.6. The third-order valence-corrected chi connectivity index (χ3v) is 4.51. The van der Waals surface area contributed by atoms with Crippen molar-refractivity contribution < 1.29 is 9.47 Å². The summed E-state index contributed by atoms with van der Waals surface area (Å²) in [7, 11) is 3.23. The molecule has 130 valence electrons. The van der Waals surface area contributed by atoms with Crippen LogP contribution in [0.1, 0.15) is 19.3 Å². The Bertz CT molecular complexity index is 888. The number of methoxy groups -OCH3 is 2. The normalized spacial score (nSPS) is 14.2. The van der Waals surface area contributed by atoms with Crippen molar-refractivity contribution in [2.45, 2.75) is 25.3 Å². The summed E-state index contributed by atoms with van der Waals surface area (Å²) in [5, 5.41) is 7.76. The van der Waals surface area contributed by atoms with Crippen LogP contribution >= 0.6 is 0 Å². The summed E-state index contributed by atoms with van der Waals surface area (Å²) in [4.78, 5) is 12.4. The molecule has 1 saturated carbocycles. The van der Waals surface area contributed by atoms with Gasteiger partial charge in [0.25, 0.3) is 0 Å². The van der Waals surface area contributed by atoms with Crippen LogP contribution in [0.2, 0.25) is 0 Å². The Balaban J connectivity index is 1.69. The molecule has 4 rings (SSSR count). The smallest absolute Gasteiger partial charge is 0.231 e. The minimum Gasteiger partial charge on any atom is -0.493 e. The molecule has 3 N–H and O–H groups in total. The van der Waals surface area contributed by atoms with Gasteiger partial charge in [0.1, 0.15) is 11.5 Å². The molecule has 0 amide bonds. The molecule has 25 heavy (non-hydrogen) atoms. The summed E-state index contributed by atoms with van der Waals surface area (Å²) in [6.07, 6.45) is 5.51.